The largest absolute Gasteiger partial charge is 0.340 e. The van der Waals surface area contributed by atoms with Gasteiger partial charge in [-0.15, -0.1) is 11.8 Å². The molecule has 2 nitrogen and oxygen atoms in total. The number of aromatic nitrogens is 1. The van der Waals surface area contributed by atoms with Crippen molar-refractivity contribution in [3.8, 4) is 11.3 Å². The zero-order valence-corrected chi connectivity index (χ0v) is 15.8. The third-order valence-electron chi connectivity index (χ3n) is 4.21. The minimum atomic E-state index is 0.0864. The molecule has 0 saturated heterocycles. The van der Waals surface area contributed by atoms with Crippen LogP contribution in [0.2, 0.25) is 0 Å². The molecular weight excluding hydrogens is 326 g/mol. The van der Waals surface area contributed by atoms with Crippen molar-refractivity contribution in [2.24, 2.45) is 0 Å². The molecule has 1 aromatic heterocycles. The first-order chi connectivity index (χ1) is 12.2. The molecule has 0 fully saturated rings. The third kappa shape index (κ3) is 3.42. The van der Waals surface area contributed by atoms with Crippen LogP contribution in [0.4, 0.5) is 0 Å². The number of para-hydroxylation sites is 1. The van der Waals surface area contributed by atoms with Gasteiger partial charge in [-0.05, 0) is 37.3 Å². The summed E-state index contributed by atoms with van der Waals surface area (Å²) < 4.78 is 2.35. The summed E-state index contributed by atoms with van der Waals surface area (Å²) in [5.41, 5.74) is 4.76. The maximum absolute atomic E-state index is 11.9. The molecule has 0 bridgehead atoms. The molecule has 0 N–H and O–H groups in total. The van der Waals surface area contributed by atoms with Crippen molar-refractivity contribution in [1.29, 1.82) is 0 Å². The highest BCUT2D eigenvalue weighted by Gasteiger charge is 2.20. The van der Waals surface area contributed by atoms with Crippen LogP contribution < -0.4 is 0 Å². The zero-order valence-electron chi connectivity index (χ0n) is 15.0. The van der Waals surface area contributed by atoms with Crippen molar-refractivity contribution >= 4 is 33.4 Å². The lowest BCUT2D eigenvalue weighted by atomic mass is 10.0. The van der Waals surface area contributed by atoms with Crippen molar-refractivity contribution in [2.45, 2.75) is 27.3 Å². The molecule has 0 atom stereocenters. The lowest BCUT2D eigenvalue weighted by molar-refractivity contribution is -0.112. The predicted octanol–water partition coefficient (Wildman–Crippen LogP) is 6.01. The second-order valence-electron chi connectivity index (χ2n) is 5.90. The van der Waals surface area contributed by atoms with E-state index in [9.17, 15) is 4.79 Å². The second kappa shape index (κ2) is 7.75. The van der Waals surface area contributed by atoms with Gasteiger partial charge in [0.25, 0.3) is 0 Å². The number of hydrogen-bond acceptors (Lipinski definition) is 2. The van der Waals surface area contributed by atoms with Gasteiger partial charge >= 0.3 is 0 Å². The summed E-state index contributed by atoms with van der Waals surface area (Å²) in [6.07, 6.45) is 1.78. The van der Waals surface area contributed by atoms with Gasteiger partial charge in [-0.25, -0.2) is 0 Å². The first kappa shape index (κ1) is 17.6. The Morgan fingerprint density at radius 2 is 1.72 bits per heavy atom. The van der Waals surface area contributed by atoms with Gasteiger partial charge in [0.2, 0.25) is 0 Å². The van der Waals surface area contributed by atoms with Gasteiger partial charge in [0, 0.05) is 27.9 Å². The van der Waals surface area contributed by atoms with Crippen molar-refractivity contribution in [3.05, 3.63) is 66.2 Å². The number of carbonyl (C=O) groups excluding carboxylic acids is 1. The molecule has 3 aromatic rings. The van der Waals surface area contributed by atoms with Crippen LogP contribution in [-0.2, 0) is 11.3 Å². The van der Waals surface area contributed by atoms with Crippen LogP contribution in [-0.4, -0.2) is 16.1 Å². The van der Waals surface area contributed by atoms with Crippen molar-refractivity contribution < 1.29 is 4.79 Å². The van der Waals surface area contributed by atoms with E-state index in [1.54, 1.807) is 24.8 Å². The summed E-state index contributed by atoms with van der Waals surface area (Å²) >= 11 is 1.73. The minimum absolute atomic E-state index is 0.0864. The Morgan fingerprint density at radius 1 is 1.04 bits per heavy atom. The number of allylic oxidation sites excluding steroid dienone is 1. The van der Waals surface area contributed by atoms with Crippen molar-refractivity contribution in [3.63, 3.8) is 0 Å². The van der Waals surface area contributed by atoms with E-state index < -0.39 is 0 Å². The van der Waals surface area contributed by atoms with Gasteiger partial charge in [0.1, 0.15) is 0 Å². The molecular formula is C22H23NOS. The maximum atomic E-state index is 11.9. The first-order valence-corrected chi connectivity index (χ1v) is 9.68. The van der Waals surface area contributed by atoms with Crippen LogP contribution in [0, 0.1) is 0 Å². The number of ketones is 1. The van der Waals surface area contributed by atoms with Crippen LogP contribution >= 0.6 is 11.8 Å². The molecule has 0 unspecified atom stereocenters. The van der Waals surface area contributed by atoms with Crippen molar-refractivity contribution in [1.82, 2.24) is 4.57 Å². The fourth-order valence-corrected chi connectivity index (χ4v) is 4.21. The van der Waals surface area contributed by atoms with E-state index in [1.165, 1.54) is 27.7 Å². The SMILES string of the molecule is CCS/C(=C\C(C)=O)c1c(-c2ccccc2)n(CC)c2ccccc12. The Bertz CT molecular complexity index is 922. The van der Waals surface area contributed by atoms with E-state index >= 15 is 0 Å². The van der Waals surface area contributed by atoms with Gasteiger partial charge in [0.15, 0.2) is 5.78 Å². The number of benzene rings is 2. The molecule has 0 aliphatic heterocycles. The number of nitrogens with zero attached hydrogens (tertiary/aromatic N) is 1. The molecule has 0 amide bonds. The van der Waals surface area contributed by atoms with Gasteiger partial charge in [0.05, 0.1) is 5.69 Å². The number of fused-ring (bicyclic) bond motifs is 1. The Balaban J connectivity index is 2.42. The Morgan fingerprint density at radius 3 is 2.36 bits per heavy atom. The highest BCUT2D eigenvalue weighted by Crippen LogP contribution is 2.42. The lowest BCUT2D eigenvalue weighted by Crippen LogP contribution is -1.98. The highest BCUT2D eigenvalue weighted by atomic mass is 32.2. The monoisotopic (exact) mass is 349 g/mol. The van der Waals surface area contributed by atoms with Gasteiger partial charge in [-0.1, -0.05) is 55.5 Å². The smallest absolute Gasteiger partial charge is 0.153 e. The molecule has 25 heavy (non-hydrogen) atoms. The lowest BCUT2D eigenvalue weighted by Gasteiger charge is -2.12. The van der Waals surface area contributed by atoms with E-state index in [0.29, 0.717) is 0 Å². The number of rotatable bonds is 6. The quantitative estimate of drug-likeness (QED) is 0.508. The van der Waals surface area contributed by atoms with Gasteiger partial charge in [-0.3, -0.25) is 4.79 Å². The fourth-order valence-electron chi connectivity index (χ4n) is 3.30. The van der Waals surface area contributed by atoms with Crippen LogP contribution in [0.15, 0.2) is 60.7 Å². The highest BCUT2D eigenvalue weighted by molar-refractivity contribution is 8.08. The molecule has 0 spiro atoms. The Labute approximate surface area is 153 Å². The van der Waals surface area contributed by atoms with Gasteiger partial charge in [-0.2, -0.15) is 0 Å². The zero-order chi connectivity index (χ0) is 17.8. The predicted molar refractivity (Wildman–Crippen MR) is 110 cm³/mol. The molecule has 0 aliphatic carbocycles. The average Bonchev–Trinajstić information content (AvgIpc) is 2.96. The first-order valence-electron chi connectivity index (χ1n) is 8.69. The number of carbonyl (C=O) groups is 1. The molecule has 0 aliphatic rings. The minimum Gasteiger partial charge on any atom is -0.340 e. The van der Waals surface area contributed by atoms with Crippen LogP contribution in [0.25, 0.3) is 27.1 Å². The number of aryl methyl sites for hydroxylation is 1. The normalized spacial score (nSPS) is 11.9. The third-order valence-corrected chi connectivity index (χ3v) is 5.14. The van der Waals surface area contributed by atoms with E-state index in [4.69, 9.17) is 0 Å². The standard InChI is InChI=1S/C22H23NOS/c1-4-23-19-14-10-9-13-18(19)21(20(25-5-2)15-16(3)24)22(23)17-11-7-6-8-12-17/h6-15H,4-5H2,1-3H3/b20-15-. The van der Waals surface area contributed by atoms with Crippen LogP contribution in [0.3, 0.4) is 0 Å². The van der Waals surface area contributed by atoms with Crippen LogP contribution in [0.1, 0.15) is 26.3 Å². The van der Waals surface area contributed by atoms with Crippen molar-refractivity contribution in [2.75, 3.05) is 5.75 Å². The fraction of sp³-hybridized carbons (Fsp3) is 0.227. The number of hydrogen-bond donors (Lipinski definition) is 0. The summed E-state index contributed by atoms with van der Waals surface area (Å²) in [4.78, 5) is 12.9. The molecule has 3 rings (SSSR count). The average molecular weight is 349 g/mol. The summed E-state index contributed by atoms with van der Waals surface area (Å²) in [6, 6.07) is 18.9. The number of thioether (sulfide) groups is 1. The summed E-state index contributed by atoms with van der Waals surface area (Å²) in [6.45, 7) is 6.80. The summed E-state index contributed by atoms with van der Waals surface area (Å²) in [7, 11) is 0. The van der Waals surface area contributed by atoms with E-state index in [1.807, 2.05) is 6.07 Å². The second-order valence-corrected chi connectivity index (χ2v) is 7.21. The summed E-state index contributed by atoms with van der Waals surface area (Å²) in [5.74, 6) is 1.02. The van der Waals surface area contributed by atoms with E-state index in [0.717, 1.165) is 17.2 Å². The molecule has 1 heterocycles. The topological polar surface area (TPSA) is 22.0 Å². The van der Waals surface area contributed by atoms with Crippen LogP contribution in [0.5, 0.6) is 0 Å². The van der Waals surface area contributed by atoms with Gasteiger partial charge < -0.3 is 4.57 Å². The molecule has 2 aromatic carbocycles. The van der Waals surface area contributed by atoms with E-state index in [2.05, 4.69) is 66.9 Å². The molecule has 128 valence electrons. The Kier molecular flexibility index (Phi) is 5.44. The molecule has 0 saturated carbocycles. The molecule has 3 heteroatoms. The summed E-state index contributed by atoms with van der Waals surface area (Å²) in [5, 5.41) is 1.21. The van der Waals surface area contributed by atoms with E-state index in [-0.39, 0.29) is 5.78 Å². The molecule has 0 radical (unpaired) electrons. The Hall–Kier alpha value is -2.26. The maximum Gasteiger partial charge on any atom is 0.153 e.